The first-order valence-electron chi connectivity index (χ1n) is 24.2. The lowest BCUT2D eigenvalue weighted by molar-refractivity contribution is 0.409. The van der Waals surface area contributed by atoms with Crippen LogP contribution in [0, 0.1) is 0 Å². The zero-order valence-corrected chi connectivity index (χ0v) is 38.0. The van der Waals surface area contributed by atoms with Gasteiger partial charge in [-0.25, -0.2) is 4.99 Å². The summed E-state index contributed by atoms with van der Waals surface area (Å²) in [7, 11) is 0. The Morgan fingerprint density at radius 3 is 1.76 bits per heavy atom. The van der Waals surface area contributed by atoms with Crippen LogP contribution >= 0.6 is 0 Å². The third kappa shape index (κ3) is 5.92. The molecule has 12 aromatic carbocycles. The molecule has 0 spiro atoms. The van der Waals surface area contributed by atoms with Gasteiger partial charge in [-0.15, -0.1) is 0 Å². The molecule has 1 aliphatic rings. The van der Waals surface area contributed by atoms with E-state index in [2.05, 4.69) is 256 Å². The molecule has 15 rings (SSSR count). The summed E-state index contributed by atoms with van der Waals surface area (Å²) in [6.45, 7) is 0. The third-order valence-corrected chi connectivity index (χ3v) is 14.9. The molecule has 0 aliphatic carbocycles. The summed E-state index contributed by atoms with van der Waals surface area (Å²) >= 11 is 0. The second kappa shape index (κ2) is 15.2. The molecule has 1 aliphatic heterocycles. The Morgan fingerprint density at radius 2 is 0.943 bits per heavy atom. The lowest BCUT2D eigenvalue weighted by atomic mass is 9.99. The number of para-hydroxylation sites is 2. The maximum atomic E-state index is 5.34. The Balaban J connectivity index is 0.906. The van der Waals surface area contributed by atoms with E-state index in [1.807, 2.05) is 0 Å². The highest BCUT2D eigenvalue weighted by atomic mass is 15.3. The Morgan fingerprint density at radius 1 is 0.343 bits per heavy atom. The number of amidine groups is 1. The maximum absolute atomic E-state index is 5.34. The van der Waals surface area contributed by atoms with Gasteiger partial charge in [-0.3, -0.25) is 5.32 Å². The monoisotopic (exact) mass is 893 g/mol. The number of benzene rings is 12. The molecule has 2 unspecified atom stereocenters. The molecule has 0 amide bonds. The van der Waals surface area contributed by atoms with E-state index in [-0.39, 0.29) is 12.3 Å². The number of nitrogens with zero attached hydrogens (tertiary/aromatic N) is 3. The van der Waals surface area contributed by atoms with Crippen LogP contribution in [0.2, 0.25) is 0 Å². The van der Waals surface area contributed by atoms with Crippen LogP contribution in [0.1, 0.15) is 29.0 Å². The quantitative estimate of drug-likeness (QED) is 0.169. The average molecular weight is 894 g/mol. The van der Waals surface area contributed by atoms with Gasteiger partial charge in [-0.2, -0.15) is 0 Å². The molecule has 0 saturated heterocycles. The van der Waals surface area contributed by atoms with Gasteiger partial charge >= 0.3 is 0 Å². The van der Waals surface area contributed by atoms with Crippen molar-refractivity contribution in [1.82, 2.24) is 19.8 Å². The van der Waals surface area contributed by atoms with Crippen LogP contribution in [0.25, 0.3) is 109 Å². The summed E-state index contributed by atoms with van der Waals surface area (Å²) in [6, 6.07) is 86.6. The second-order valence-electron chi connectivity index (χ2n) is 18.8. The van der Waals surface area contributed by atoms with Crippen LogP contribution in [-0.4, -0.2) is 15.0 Å². The molecule has 14 aromatic rings. The minimum atomic E-state index is -0.248. The number of aromatic nitrogens is 2. The molecule has 0 saturated carbocycles. The molecule has 2 N–H and O–H groups in total. The Kier molecular flexibility index (Phi) is 8.49. The number of hydrogen-bond acceptors (Lipinski definition) is 3. The first-order chi connectivity index (χ1) is 34.7. The van der Waals surface area contributed by atoms with E-state index in [0.29, 0.717) is 0 Å². The van der Waals surface area contributed by atoms with Crippen LogP contribution < -0.4 is 10.6 Å². The second-order valence-corrected chi connectivity index (χ2v) is 18.8. The van der Waals surface area contributed by atoms with Gasteiger partial charge in [0.05, 0.1) is 27.8 Å². The number of fused-ring (bicyclic) bond motifs is 13. The summed E-state index contributed by atoms with van der Waals surface area (Å²) < 4.78 is 5.02. The third-order valence-electron chi connectivity index (χ3n) is 14.9. The van der Waals surface area contributed by atoms with E-state index >= 15 is 0 Å². The standard InChI is InChI=1S/C65H43N5/c1-2-16-44(17-3-1)63-66-64(68-65(67-63)47-31-29-43-28-27-41-14-4-7-19-50(41)55(43)38-47)46-30-26-40-32-34-49(37-48(40)36-46)69-56-24-12-11-23-54(56)61-59(69)39-45-18-6-9-21-52(45)62(61)70-57-25-13-10-22-53(57)60-51-20-8-5-15-42(51)33-35-58(60)70/h1-39,63-64,66H,(H,67,68). The molecule has 328 valence electrons. The van der Waals surface area contributed by atoms with E-state index in [4.69, 9.17) is 4.99 Å². The molecule has 0 bridgehead atoms. The van der Waals surface area contributed by atoms with E-state index in [1.165, 1.54) is 97.8 Å². The molecular formula is C65H43N5. The molecule has 70 heavy (non-hydrogen) atoms. The number of nitrogens with one attached hydrogen (secondary N) is 2. The zero-order valence-electron chi connectivity index (χ0n) is 38.0. The Hall–Kier alpha value is -9.03. The lowest BCUT2D eigenvalue weighted by Gasteiger charge is -2.32. The molecular weight excluding hydrogens is 851 g/mol. The van der Waals surface area contributed by atoms with Crippen molar-refractivity contribution in [3.8, 4) is 11.4 Å². The predicted molar refractivity (Wildman–Crippen MR) is 294 cm³/mol. The van der Waals surface area contributed by atoms with Gasteiger partial charge in [-0.05, 0) is 108 Å². The van der Waals surface area contributed by atoms with Gasteiger partial charge in [-0.1, -0.05) is 188 Å². The number of hydrogen-bond donors (Lipinski definition) is 2. The lowest BCUT2D eigenvalue weighted by Crippen LogP contribution is -2.44. The van der Waals surface area contributed by atoms with Crippen LogP contribution in [0.4, 0.5) is 0 Å². The fraction of sp³-hybridized carbons (Fsp3) is 0.0308. The van der Waals surface area contributed by atoms with E-state index < -0.39 is 0 Å². The van der Waals surface area contributed by atoms with Crippen molar-refractivity contribution in [2.45, 2.75) is 12.3 Å². The van der Waals surface area contributed by atoms with Crippen molar-refractivity contribution in [2.24, 2.45) is 4.99 Å². The molecule has 0 fully saturated rings. The van der Waals surface area contributed by atoms with Gasteiger partial charge in [0.2, 0.25) is 0 Å². The topological polar surface area (TPSA) is 46.3 Å². The minimum absolute atomic E-state index is 0.209. The number of aliphatic imine (C=N–C) groups is 1. The highest BCUT2D eigenvalue weighted by molar-refractivity contribution is 6.25. The highest BCUT2D eigenvalue weighted by Gasteiger charge is 2.27. The van der Waals surface area contributed by atoms with Crippen molar-refractivity contribution in [3.63, 3.8) is 0 Å². The fourth-order valence-corrected chi connectivity index (χ4v) is 11.7. The summed E-state index contributed by atoms with van der Waals surface area (Å²) in [5.74, 6) is 0.867. The largest absolute Gasteiger partial charge is 0.350 e. The van der Waals surface area contributed by atoms with Gasteiger partial charge in [0.25, 0.3) is 0 Å². The van der Waals surface area contributed by atoms with Crippen LogP contribution in [0.15, 0.2) is 242 Å². The van der Waals surface area contributed by atoms with E-state index in [1.54, 1.807) is 0 Å². The van der Waals surface area contributed by atoms with Gasteiger partial charge in [0, 0.05) is 38.2 Å². The maximum Gasteiger partial charge on any atom is 0.131 e. The molecule has 0 radical (unpaired) electrons. The van der Waals surface area contributed by atoms with Crippen LogP contribution in [0.5, 0.6) is 0 Å². The van der Waals surface area contributed by atoms with Crippen LogP contribution in [-0.2, 0) is 0 Å². The molecule has 3 heterocycles. The van der Waals surface area contributed by atoms with Gasteiger partial charge in [0.1, 0.15) is 18.2 Å². The summed E-state index contributed by atoms with van der Waals surface area (Å²) in [5, 5.41) is 24.9. The zero-order chi connectivity index (χ0) is 45.9. The summed E-state index contributed by atoms with van der Waals surface area (Å²) in [6.07, 6.45) is -0.456. The first-order valence-corrected chi connectivity index (χ1v) is 24.2. The molecule has 2 aromatic heterocycles. The van der Waals surface area contributed by atoms with Gasteiger partial charge < -0.3 is 14.5 Å². The van der Waals surface area contributed by atoms with Crippen molar-refractivity contribution >= 4 is 103 Å². The Bertz CT molecular complexity index is 4500. The van der Waals surface area contributed by atoms with E-state index in [0.717, 1.165) is 33.6 Å². The van der Waals surface area contributed by atoms with Crippen molar-refractivity contribution < 1.29 is 0 Å². The van der Waals surface area contributed by atoms with Crippen LogP contribution in [0.3, 0.4) is 0 Å². The predicted octanol–water partition coefficient (Wildman–Crippen LogP) is 16.0. The molecule has 5 nitrogen and oxygen atoms in total. The summed E-state index contributed by atoms with van der Waals surface area (Å²) in [4.78, 5) is 5.34. The molecule has 2 atom stereocenters. The smallest absolute Gasteiger partial charge is 0.131 e. The summed E-state index contributed by atoms with van der Waals surface area (Å²) in [5.41, 5.74) is 10.4. The Labute approximate surface area is 403 Å². The van der Waals surface area contributed by atoms with Crippen molar-refractivity contribution in [2.75, 3.05) is 0 Å². The molecule has 5 heteroatoms. The van der Waals surface area contributed by atoms with Gasteiger partial charge in [0.15, 0.2) is 0 Å². The van der Waals surface area contributed by atoms with Crippen molar-refractivity contribution in [1.29, 1.82) is 0 Å². The SMILES string of the molecule is c1ccc(C2N=C(c3ccc4ccc5ccccc5c4c3)NC(c3ccc4ccc(-n5c6ccccc6c6c(-n7c8ccccc8c8c9ccccc9ccc87)c7ccccc7cc65)cc4c3)N2)cc1. The highest BCUT2D eigenvalue weighted by Crippen LogP contribution is 2.45. The van der Waals surface area contributed by atoms with Crippen molar-refractivity contribution in [3.05, 3.63) is 253 Å². The van der Waals surface area contributed by atoms with E-state index in [9.17, 15) is 0 Å². The average Bonchev–Trinajstić information content (AvgIpc) is 3.95. The normalized spacial score (nSPS) is 15.3. The fourth-order valence-electron chi connectivity index (χ4n) is 11.7. The minimum Gasteiger partial charge on any atom is -0.350 e. The first kappa shape index (κ1) is 39.0. The number of rotatable bonds is 5.